The van der Waals surface area contributed by atoms with Crippen molar-refractivity contribution in [3.8, 4) is 17.0 Å². The van der Waals surface area contributed by atoms with E-state index in [4.69, 9.17) is 22.1 Å². The molecule has 3 N–H and O–H groups in total. The van der Waals surface area contributed by atoms with Crippen molar-refractivity contribution >= 4 is 33.4 Å². The third kappa shape index (κ3) is 3.58. The summed E-state index contributed by atoms with van der Waals surface area (Å²) in [7, 11) is 0. The summed E-state index contributed by atoms with van der Waals surface area (Å²) in [5, 5.41) is 10.7. The lowest BCUT2D eigenvalue weighted by atomic mass is 10.1. The number of primary amides is 1. The lowest BCUT2D eigenvalue weighted by Crippen LogP contribution is -2.13. The molecule has 1 aromatic heterocycles. The molecular weight excluding hydrogens is 396 g/mol. The van der Waals surface area contributed by atoms with Gasteiger partial charge in [-0.15, -0.1) is 0 Å². The number of halogens is 2. The van der Waals surface area contributed by atoms with Gasteiger partial charge in [-0.1, -0.05) is 39.7 Å². The molecular formula is C16H12BrClN4O2. The Kier molecular flexibility index (Phi) is 4.82. The highest BCUT2D eigenvalue weighted by Crippen LogP contribution is 2.33. The van der Waals surface area contributed by atoms with Crippen molar-refractivity contribution in [3.63, 3.8) is 0 Å². The van der Waals surface area contributed by atoms with E-state index in [-0.39, 0.29) is 5.69 Å². The molecule has 6 nitrogen and oxygen atoms in total. The van der Waals surface area contributed by atoms with Gasteiger partial charge in [-0.3, -0.25) is 4.79 Å². The van der Waals surface area contributed by atoms with Crippen molar-refractivity contribution in [2.45, 2.75) is 6.61 Å². The number of aromatic nitrogens is 3. The van der Waals surface area contributed by atoms with E-state index in [1.165, 1.54) is 0 Å². The van der Waals surface area contributed by atoms with Crippen LogP contribution < -0.4 is 10.5 Å². The highest BCUT2D eigenvalue weighted by Gasteiger charge is 2.19. The monoisotopic (exact) mass is 406 g/mol. The Labute approximate surface area is 151 Å². The third-order valence-corrected chi connectivity index (χ3v) is 4.05. The molecule has 1 amide bonds. The van der Waals surface area contributed by atoms with E-state index >= 15 is 0 Å². The molecule has 0 atom stereocenters. The average Bonchev–Trinajstić information content (AvgIpc) is 3.05. The van der Waals surface area contributed by atoms with Gasteiger partial charge in [-0.05, 0) is 35.9 Å². The molecule has 1 heterocycles. The molecule has 24 heavy (non-hydrogen) atoms. The van der Waals surface area contributed by atoms with Crippen molar-refractivity contribution in [2.24, 2.45) is 5.73 Å². The molecule has 2 aromatic carbocycles. The number of benzene rings is 2. The van der Waals surface area contributed by atoms with E-state index < -0.39 is 5.91 Å². The van der Waals surface area contributed by atoms with Crippen molar-refractivity contribution in [3.05, 3.63) is 63.2 Å². The minimum Gasteiger partial charge on any atom is -0.488 e. The molecule has 0 bridgehead atoms. The molecule has 3 aromatic rings. The van der Waals surface area contributed by atoms with Gasteiger partial charge in [0.05, 0.1) is 0 Å². The Bertz CT molecular complexity index is 880. The molecule has 0 aliphatic heterocycles. The quantitative estimate of drug-likeness (QED) is 0.676. The van der Waals surface area contributed by atoms with E-state index in [2.05, 4.69) is 31.3 Å². The normalized spacial score (nSPS) is 10.6. The summed E-state index contributed by atoms with van der Waals surface area (Å²) in [6.45, 7) is 0.353. The smallest absolute Gasteiger partial charge is 0.271 e. The highest BCUT2D eigenvalue weighted by atomic mass is 79.9. The third-order valence-electron chi connectivity index (χ3n) is 3.29. The predicted molar refractivity (Wildman–Crippen MR) is 93.8 cm³/mol. The fourth-order valence-corrected chi connectivity index (χ4v) is 2.58. The SMILES string of the molecule is NC(=O)c1n[nH]nc1-c1cc(Cl)ccc1OCc1ccc(Br)cc1. The summed E-state index contributed by atoms with van der Waals surface area (Å²) in [6, 6.07) is 12.8. The number of nitrogens with two attached hydrogens (primary N) is 1. The van der Waals surface area contributed by atoms with Gasteiger partial charge in [0.2, 0.25) is 0 Å². The van der Waals surface area contributed by atoms with Gasteiger partial charge >= 0.3 is 0 Å². The maximum atomic E-state index is 11.5. The van der Waals surface area contributed by atoms with Crippen LogP contribution in [0.5, 0.6) is 5.75 Å². The first-order valence-corrected chi connectivity index (χ1v) is 8.09. The Morgan fingerprint density at radius 2 is 1.96 bits per heavy atom. The van der Waals surface area contributed by atoms with E-state index in [1.807, 2.05) is 24.3 Å². The molecule has 0 radical (unpaired) electrons. The van der Waals surface area contributed by atoms with Gasteiger partial charge < -0.3 is 10.5 Å². The van der Waals surface area contributed by atoms with E-state index in [1.54, 1.807) is 18.2 Å². The molecule has 3 rings (SSSR count). The summed E-state index contributed by atoms with van der Waals surface area (Å²) < 4.78 is 6.86. The topological polar surface area (TPSA) is 93.9 Å². The van der Waals surface area contributed by atoms with Crippen molar-refractivity contribution < 1.29 is 9.53 Å². The van der Waals surface area contributed by atoms with Gasteiger partial charge in [0.1, 0.15) is 18.1 Å². The highest BCUT2D eigenvalue weighted by molar-refractivity contribution is 9.10. The molecule has 0 fully saturated rings. The molecule has 122 valence electrons. The Morgan fingerprint density at radius 1 is 1.21 bits per heavy atom. The number of ether oxygens (including phenoxy) is 1. The van der Waals surface area contributed by atoms with Crippen LogP contribution in [-0.2, 0) is 6.61 Å². The maximum Gasteiger partial charge on any atom is 0.271 e. The van der Waals surface area contributed by atoms with Gasteiger partial charge in [-0.25, -0.2) is 0 Å². The number of carbonyl (C=O) groups is 1. The molecule has 0 aliphatic rings. The van der Waals surface area contributed by atoms with Gasteiger partial charge in [0.15, 0.2) is 5.69 Å². The van der Waals surface area contributed by atoms with Crippen LogP contribution in [0.15, 0.2) is 46.9 Å². The van der Waals surface area contributed by atoms with E-state index in [9.17, 15) is 4.79 Å². The standard InChI is InChI=1S/C16H12BrClN4O2/c17-10-3-1-9(2-4-10)8-24-13-6-5-11(18)7-12(13)14-15(16(19)23)21-22-20-14/h1-7H,8H2,(H2,19,23)(H,20,21,22). The number of nitrogens with zero attached hydrogens (tertiary/aromatic N) is 2. The number of nitrogens with one attached hydrogen (secondary N) is 1. The number of carbonyl (C=O) groups excluding carboxylic acids is 1. The molecule has 8 heteroatoms. The largest absolute Gasteiger partial charge is 0.488 e. The second kappa shape index (κ2) is 7.02. The predicted octanol–water partition coefficient (Wildman–Crippen LogP) is 3.57. The summed E-state index contributed by atoms with van der Waals surface area (Å²) >= 11 is 9.46. The van der Waals surface area contributed by atoms with Crippen LogP contribution in [-0.4, -0.2) is 21.3 Å². The van der Waals surface area contributed by atoms with Crippen LogP contribution >= 0.6 is 27.5 Å². The second-order valence-electron chi connectivity index (χ2n) is 4.94. The molecule has 0 unspecified atom stereocenters. The Hall–Kier alpha value is -2.38. The lowest BCUT2D eigenvalue weighted by Gasteiger charge is -2.11. The van der Waals surface area contributed by atoms with Gasteiger partial charge in [0, 0.05) is 15.1 Å². The van der Waals surface area contributed by atoms with Crippen LogP contribution in [0, 0.1) is 0 Å². The fraction of sp³-hybridized carbons (Fsp3) is 0.0625. The minimum atomic E-state index is -0.683. The first kappa shape index (κ1) is 16.5. The van der Waals surface area contributed by atoms with Gasteiger partial charge in [0.25, 0.3) is 5.91 Å². The van der Waals surface area contributed by atoms with Crippen LogP contribution in [0.4, 0.5) is 0 Å². The van der Waals surface area contributed by atoms with Crippen LogP contribution in [0.3, 0.4) is 0 Å². The molecule has 0 saturated carbocycles. The van der Waals surface area contributed by atoms with Crippen molar-refractivity contribution in [1.82, 2.24) is 15.4 Å². The number of hydrogen-bond acceptors (Lipinski definition) is 4. The van der Waals surface area contributed by atoms with E-state index in [0.29, 0.717) is 28.6 Å². The zero-order valence-corrected chi connectivity index (χ0v) is 14.6. The zero-order chi connectivity index (χ0) is 17.1. The van der Waals surface area contributed by atoms with Crippen LogP contribution in [0.2, 0.25) is 5.02 Å². The first-order chi connectivity index (χ1) is 11.5. The molecule has 0 spiro atoms. The number of H-pyrrole nitrogens is 1. The summed E-state index contributed by atoms with van der Waals surface area (Å²) in [5.41, 5.74) is 7.20. The van der Waals surface area contributed by atoms with E-state index in [0.717, 1.165) is 10.0 Å². The second-order valence-corrected chi connectivity index (χ2v) is 6.29. The Morgan fingerprint density at radius 3 is 2.67 bits per heavy atom. The van der Waals surface area contributed by atoms with Crippen molar-refractivity contribution in [2.75, 3.05) is 0 Å². The first-order valence-electron chi connectivity index (χ1n) is 6.92. The lowest BCUT2D eigenvalue weighted by molar-refractivity contribution is 0.0996. The number of rotatable bonds is 5. The number of hydrogen-bond donors (Lipinski definition) is 2. The molecule has 0 aliphatic carbocycles. The molecule has 0 saturated heterocycles. The summed E-state index contributed by atoms with van der Waals surface area (Å²) in [4.78, 5) is 11.5. The Balaban J connectivity index is 1.92. The maximum absolute atomic E-state index is 11.5. The fourth-order valence-electron chi connectivity index (χ4n) is 2.15. The summed E-state index contributed by atoms with van der Waals surface area (Å²) in [5.74, 6) is -0.156. The number of aromatic amines is 1. The average molecular weight is 408 g/mol. The van der Waals surface area contributed by atoms with Crippen LogP contribution in [0.25, 0.3) is 11.3 Å². The number of amides is 1. The summed E-state index contributed by atoms with van der Waals surface area (Å²) in [6.07, 6.45) is 0. The van der Waals surface area contributed by atoms with Gasteiger partial charge in [-0.2, -0.15) is 15.4 Å². The minimum absolute atomic E-state index is 0.0331. The van der Waals surface area contributed by atoms with Crippen LogP contribution in [0.1, 0.15) is 16.1 Å². The van der Waals surface area contributed by atoms with Crippen molar-refractivity contribution in [1.29, 1.82) is 0 Å². The zero-order valence-electron chi connectivity index (χ0n) is 12.3.